The molecule has 0 radical (unpaired) electrons. The van der Waals surface area contributed by atoms with Gasteiger partial charge in [0.25, 0.3) is 0 Å². The van der Waals surface area contributed by atoms with E-state index in [2.05, 4.69) is 0 Å². The van der Waals surface area contributed by atoms with Crippen LogP contribution in [0.2, 0.25) is 0 Å². The van der Waals surface area contributed by atoms with Crippen LogP contribution in [0.1, 0.15) is 19.8 Å². The van der Waals surface area contributed by atoms with Gasteiger partial charge in [-0.3, -0.25) is 4.79 Å². The van der Waals surface area contributed by atoms with Gasteiger partial charge < -0.3 is 14.7 Å². The zero-order chi connectivity index (χ0) is 12.2. The van der Waals surface area contributed by atoms with Crippen LogP contribution in [0.3, 0.4) is 0 Å². The summed E-state index contributed by atoms with van der Waals surface area (Å²) in [7, 11) is 0. The maximum atomic E-state index is 11.6. The minimum absolute atomic E-state index is 0.196. The van der Waals surface area contributed by atoms with Crippen molar-refractivity contribution in [2.45, 2.75) is 19.8 Å². The fraction of sp³-hybridized carbons (Fsp3) is 0.700. The van der Waals surface area contributed by atoms with Gasteiger partial charge in [0, 0.05) is 13.1 Å². The van der Waals surface area contributed by atoms with Gasteiger partial charge >= 0.3 is 12.1 Å². The predicted molar refractivity (Wildman–Crippen MR) is 53.5 cm³/mol. The minimum atomic E-state index is -1.16. The van der Waals surface area contributed by atoms with Gasteiger partial charge in [0.05, 0.1) is 12.7 Å². The Morgan fingerprint density at radius 2 is 2.06 bits per heavy atom. The van der Waals surface area contributed by atoms with Crippen LogP contribution in [0.15, 0.2) is 0 Å². The molecule has 0 aromatic rings. The van der Waals surface area contributed by atoms with E-state index in [1.807, 2.05) is 6.07 Å². The van der Waals surface area contributed by atoms with E-state index >= 15 is 0 Å². The van der Waals surface area contributed by atoms with Crippen molar-refractivity contribution in [3.05, 3.63) is 0 Å². The molecular formula is C10H14N2O4. The summed E-state index contributed by atoms with van der Waals surface area (Å²) in [5.74, 6) is -0.539. The topological polar surface area (TPSA) is 90.6 Å². The zero-order valence-corrected chi connectivity index (χ0v) is 9.10. The van der Waals surface area contributed by atoms with Crippen molar-refractivity contribution in [1.29, 1.82) is 5.26 Å². The number of nitrogens with zero attached hydrogens (tertiary/aromatic N) is 2. The first-order valence-electron chi connectivity index (χ1n) is 5.12. The Balaban J connectivity index is 2.69. The highest BCUT2D eigenvalue weighted by molar-refractivity contribution is 5.80. The summed E-state index contributed by atoms with van der Waals surface area (Å²) in [6.07, 6.45) is -0.612. The van der Waals surface area contributed by atoms with Gasteiger partial charge in [0.1, 0.15) is 0 Å². The summed E-state index contributed by atoms with van der Waals surface area (Å²) in [6.45, 7) is 2.30. The van der Waals surface area contributed by atoms with E-state index < -0.39 is 17.5 Å². The van der Waals surface area contributed by atoms with Crippen molar-refractivity contribution in [3.63, 3.8) is 0 Å². The van der Waals surface area contributed by atoms with E-state index in [0.29, 0.717) is 0 Å². The van der Waals surface area contributed by atoms with Crippen LogP contribution in [0.5, 0.6) is 0 Å². The number of carboxylic acid groups (broad SMARTS) is 1. The number of carbonyl (C=O) groups excluding carboxylic acids is 1. The van der Waals surface area contributed by atoms with Crippen LogP contribution in [0.25, 0.3) is 0 Å². The molecule has 1 aliphatic rings. The highest BCUT2D eigenvalue weighted by atomic mass is 16.5. The highest BCUT2D eigenvalue weighted by Gasteiger charge is 2.44. The quantitative estimate of drug-likeness (QED) is 0.704. The van der Waals surface area contributed by atoms with Gasteiger partial charge in [-0.25, -0.2) is 4.79 Å². The molecule has 1 N–H and O–H groups in total. The lowest BCUT2D eigenvalue weighted by molar-refractivity contribution is -0.154. The molecule has 0 spiro atoms. The fourth-order valence-electron chi connectivity index (χ4n) is 1.71. The van der Waals surface area contributed by atoms with Gasteiger partial charge in [-0.2, -0.15) is 5.26 Å². The number of esters is 1. The van der Waals surface area contributed by atoms with Crippen molar-refractivity contribution in [1.82, 2.24) is 4.90 Å². The molecule has 0 aromatic carbocycles. The lowest BCUT2D eigenvalue weighted by atomic mass is 9.80. The number of likely N-dealkylation sites (tertiary alicyclic amines) is 1. The Morgan fingerprint density at radius 1 is 1.50 bits per heavy atom. The molecule has 16 heavy (non-hydrogen) atoms. The van der Waals surface area contributed by atoms with Crippen molar-refractivity contribution in [3.8, 4) is 6.07 Å². The van der Waals surface area contributed by atoms with E-state index in [9.17, 15) is 9.59 Å². The molecule has 1 rings (SSSR count). The number of ether oxygens (including phenoxy) is 1. The summed E-state index contributed by atoms with van der Waals surface area (Å²) in [5.41, 5.74) is -1.16. The summed E-state index contributed by atoms with van der Waals surface area (Å²) < 4.78 is 4.84. The van der Waals surface area contributed by atoms with E-state index in [1.165, 1.54) is 4.90 Å². The second kappa shape index (κ2) is 4.84. The van der Waals surface area contributed by atoms with Crippen LogP contribution in [0.4, 0.5) is 4.79 Å². The maximum Gasteiger partial charge on any atom is 0.407 e. The summed E-state index contributed by atoms with van der Waals surface area (Å²) >= 11 is 0. The van der Waals surface area contributed by atoms with Crippen molar-refractivity contribution < 1.29 is 19.4 Å². The molecule has 0 aliphatic carbocycles. The summed E-state index contributed by atoms with van der Waals surface area (Å²) in [4.78, 5) is 23.5. The number of rotatable bonds is 2. The average Bonchev–Trinajstić information content (AvgIpc) is 2.29. The third-order valence-corrected chi connectivity index (χ3v) is 2.77. The van der Waals surface area contributed by atoms with E-state index in [0.717, 1.165) is 0 Å². The summed E-state index contributed by atoms with van der Waals surface area (Å²) in [6, 6.07) is 1.97. The summed E-state index contributed by atoms with van der Waals surface area (Å²) in [5, 5.41) is 17.8. The molecule has 1 amide bonds. The second-order valence-electron chi connectivity index (χ2n) is 3.68. The number of carbonyl (C=O) groups is 2. The monoisotopic (exact) mass is 226 g/mol. The van der Waals surface area contributed by atoms with Crippen LogP contribution >= 0.6 is 0 Å². The maximum absolute atomic E-state index is 11.6. The molecule has 6 nitrogen and oxygen atoms in total. The Hall–Kier alpha value is -1.77. The molecule has 0 unspecified atom stereocenters. The molecule has 0 bridgehead atoms. The third kappa shape index (κ3) is 2.24. The fourth-order valence-corrected chi connectivity index (χ4v) is 1.71. The number of hydrogen-bond donors (Lipinski definition) is 1. The van der Waals surface area contributed by atoms with E-state index in [1.54, 1.807) is 6.92 Å². The van der Waals surface area contributed by atoms with E-state index in [-0.39, 0.29) is 32.5 Å². The Kier molecular flexibility index (Phi) is 3.72. The molecule has 0 atom stereocenters. The first kappa shape index (κ1) is 12.3. The molecule has 0 saturated carbocycles. The lowest BCUT2D eigenvalue weighted by Gasteiger charge is -2.33. The van der Waals surface area contributed by atoms with Gasteiger partial charge in [-0.1, -0.05) is 0 Å². The second-order valence-corrected chi connectivity index (χ2v) is 3.68. The predicted octanol–water partition coefficient (Wildman–Crippen LogP) is 0.833. The van der Waals surface area contributed by atoms with Gasteiger partial charge in [-0.05, 0) is 19.8 Å². The largest absolute Gasteiger partial charge is 0.465 e. The first-order chi connectivity index (χ1) is 7.55. The van der Waals surface area contributed by atoms with Gasteiger partial charge in [-0.15, -0.1) is 0 Å². The molecule has 6 heteroatoms. The van der Waals surface area contributed by atoms with Crippen LogP contribution in [-0.2, 0) is 9.53 Å². The number of amides is 1. The Morgan fingerprint density at radius 3 is 2.44 bits per heavy atom. The molecular weight excluding hydrogens is 212 g/mol. The molecule has 1 fully saturated rings. The minimum Gasteiger partial charge on any atom is -0.465 e. The van der Waals surface area contributed by atoms with Crippen LogP contribution in [-0.4, -0.2) is 41.8 Å². The number of hydrogen-bond acceptors (Lipinski definition) is 4. The number of nitriles is 1. The number of piperidine rings is 1. The smallest absolute Gasteiger partial charge is 0.407 e. The Labute approximate surface area is 93.4 Å². The highest BCUT2D eigenvalue weighted by Crippen LogP contribution is 2.32. The molecule has 1 saturated heterocycles. The van der Waals surface area contributed by atoms with Gasteiger partial charge in [0.15, 0.2) is 5.41 Å². The molecule has 88 valence electrons. The lowest BCUT2D eigenvalue weighted by Crippen LogP contribution is -2.46. The average molecular weight is 226 g/mol. The molecule has 1 aliphatic heterocycles. The molecule has 1 heterocycles. The SMILES string of the molecule is CCOC(=O)C1(C#N)CCN(C(=O)O)CC1. The third-order valence-electron chi connectivity index (χ3n) is 2.77. The van der Waals surface area contributed by atoms with Crippen molar-refractivity contribution >= 4 is 12.1 Å². The standard InChI is InChI=1S/C10H14N2O4/c1-2-16-8(13)10(7-11)3-5-12(6-4-10)9(14)15/h2-6H2,1H3,(H,14,15). The molecule has 0 aromatic heterocycles. The van der Waals surface area contributed by atoms with E-state index in [4.69, 9.17) is 15.1 Å². The van der Waals surface area contributed by atoms with Crippen molar-refractivity contribution in [2.24, 2.45) is 5.41 Å². The normalized spacial score (nSPS) is 18.6. The zero-order valence-electron chi connectivity index (χ0n) is 9.10. The van der Waals surface area contributed by atoms with Gasteiger partial charge in [0.2, 0.25) is 0 Å². The Bertz CT molecular complexity index is 326. The van der Waals surface area contributed by atoms with Crippen molar-refractivity contribution in [2.75, 3.05) is 19.7 Å². The first-order valence-corrected chi connectivity index (χ1v) is 5.12. The van der Waals surface area contributed by atoms with Crippen LogP contribution in [0, 0.1) is 16.7 Å². The van der Waals surface area contributed by atoms with Crippen LogP contribution < -0.4 is 0 Å².